The molecule has 0 saturated carbocycles. The summed E-state index contributed by atoms with van der Waals surface area (Å²) >= 11 is 6.54. The fourth-order valence-corrected chi connectivity index (χ4v) is 3.52. The van der Waals surface area contributed by atoms with Gasteiger partial charge < -0.3 is 10.9 Å². The van der Waals surface area contributed by atoms with Gasteiger partial charge in [-0.1, -0.05) is 23.4 Å². The van der Waals surface area contributed by atoms with Gasteiger partial charge in [0, 0.05) is 11.0 Å². The van der Waals surface area contributed by atoms with Gasteiger partial charge in [0.15, 0.2) is 5.69 Å². The van der Waals surface area contributed by atoms with Crippen LogP contribution in [0, 0.1) is 11.6 Å². The maximum absolute atomic E-state index is 14.4. The summed E-state index contributed by atoms with van der Waals surface area (Å²) in [5, 5.41) is 9.46. The van der Waals surface area contributed by atoms with E-state index in [4.69, 9.17) is 17.4 Å². The van der Waals surface area contributed by atoms with E-state index >= 15 is 0 Å². The van der Waals surface area contributed by atoms with E-state index in [9.17, 15) is 36.6 Å². The van der Waals surface area contributed by atoms with Crippen molar-refractivity contribution in [3.8, 4) is 11.6 Å². The highest BCUT2D eigenvalue weighted by Crippen LogP contribution is 2.39. The van der Waals surface area contributed by atoms with Gasteiger partial charge in [0.25, 0.3) is 5.56 Å². The van der Waals surface area contributed by atoms with Crippen molar-refractivity contribution >= 4 is 23.4 Å². The maximum atomic E-state index is 14.4. The van der Waals surface area contributed by atoms with Crippen molar-refractivity contribution in [1.29, 1.82) is 0 Å². The smallest absolute Gasteiger partial charge is 0.433 e. The molecule has 0 aliphatic carbocycles. The van der Waals surface area contributed by atoms with Gasteiger partial charge >= 0.3 is 11.9 Å². The number of nitrogen functional groups attached to an aromatic ring is 1. The lowest BCUT2D eigenvalue weighted by molar-refractivity contribution is -0.143. The van der Waals surface area contributed by atoms with Crippen molar-refractivity contribution in [1.82, 2.24) is 14.2 Å². The second-order valence-electron chi connectivity index (χ2n) is 5.66. The Morgan fingerprint density at radius 2 is 1.77 bits per heavy atom. The summed E-state index contributed by atoms with van der Waals surface area (Å²) < 4.78 is 66.3. The maximum Gasteiger partial charge on any atom is 0.433 e. The molecule has 0 saturated heterocycles. The fraction of sp³-hybridized carbons (Fsp3) is 0.0625. The van der Waals surface area contributed by atoms with E-state index in [2.05, 4.69) is 4.98 Å². The molecule has 3 rings (SSSR count). The van der Waals surface area contributed by atoms with Crippen LogP contribution >= 0.6 is 23.4 Å². The molecule has 0 radical (unpaired) electrons. The summed E-state index contributed by atoms with van der Waals surface area (Å²) in [4.78, 5) is 27.6. The van der Waals surface area contributed by atoms with Gasteiger partial charge in [-0.3, -0.25) is 4.79 Å². The average Bonchev–Trinajstić information content (AvgIpc) is 2.63. The van der Waals surface area contributed by atoms with E-state index in [1.54, 1.807) is 0 Å². The number of aromatic hydroxyl groups is 1. The minimum Gasteiger partial charge on any atom is -0.492 e. The number of hydrogen-bond acceptors (Lipinski definition) is 6. The summed E-state index contributed by atoms with van der Waals surface area (Å²) in [7, 11) is 0. The van der Waals surface area contributed by atoms with Crippen LogP contribution in [0.2, 0.25) is 5.02 Å². The number of halogens is 6. The molecule has 7 nitrogen and oxygen atoms in total. The molecule has 0 amide bonds. The Bertz CT molecular complexity index is 1280. The summed E-state index contributed by atoms with van der Waals surface area (Å²) in [6, 6.07) is 2.48. The molecule has 2 aromatic heterocycles. The zero-order chi connectivity index (χ0) is 22.4. The Labute approximate surface area is 172 Å². The standard InChI is InChI=1S/C16H8ClF5N4O3S/c17-7-2-8(19)9(3-10(7)30-11-1-6(18)5-24-14(11)28)25-13(27)4-12(16(20,21)22)26(23)15(25)29/h1-5H,23H2,(H,24,28). The molecule has 3 aromatic rings. The molecular weight excluding hydrogens is 459 g/mol. The molecule has 14 heteroatoms. The van der Waals surface area contributed by atoms with Crippen LogP contribution in [0.3, 0.4) is 0 Å². The van der Waals surface area contributed by atoms with Crippen molar-refractivity contribution in [2.24, 2.45) is 0 Å². The second-order valence-corrected chi connectivity index (χ2v) is 7.16. The molecule has 0 unspecified atom stereocenters. The summed E-state index contributed by atoms with van der Waals surface area (Å²) in [5.41, 5.74) is -5.65. The molecule has 158 valence electrons. The number of hydrogen-bond donors (Lipinski definition) is 2. The highest BCUT2D eigenvalue weighted by atomic mass is 35.5. The van der Waals surface area contributed by atoms with Crippen molar-refractivity contribution in [2.75, 3.05) is 5.84 Å². The Hall–Kier alpha value is -3.06. The van der Waals surface area contributed by atoms with Crippen LogP contribution in [0.25, 0.3) is 5.69 Å². The second kappa shape index (κ2) is 7.65. The number of pyridine rings is 1. The van der Waals surface area contributed by atoms with Gasteiger partial charge in [-0.2, -0.15) is 13.2 Å². The largest absolute Gasteiger partial charge is 0.492 e. The predicted molar refractivity (Wildman–Crippen MR) is 96.4 cm³/mol. The van der Waals surface area contributed by atoms with Crippen molar-refractivity contribution in [2.45, 2.75) is 16.0 Å². The van der Waals surface area contributed by atoms with E-state index in [0.29, 0.717) is 17.8 Å². The Morgan fingerprint density at radius 3 is 2.40 bits per heavy atom. The Morgan fingerprint density at radius 1 is 1.10 bits per heavy atom. The molecule has 0 aliphatic heterocycles. The topological polar surface area (TPSA) is 103 Å². The molecule has 0 aliphatic rings. The molecule has 3 N–H and O–H groups in total. The fourth-order valence-electron chi connectivity index (χ4n) is 2.37. The Kier molecular flexibility index (Phi) is 5.52. The van der Waals surface area contributed by atoms with Gasteiger partial charge in [-0.15, -0.1) is 0 Å². The summed E-state index contributed by atoms with van der Waals surface area (Å²) in [6.45, 7) is 0. The highest BCUT2D eigenvalue weighted by molar-refractivity contribution is 7.99. The van der Waals surface area contributed by atoms with Crippen LogP contribution in [0.4, 0.5) is 22.0 Å². The number of nitrogens with two attached hydrogens (primary N) is 1. The lowest BCUT2D eigenvalue weighted by atomic mass is 10.3. The summed E-state index contributed by atoms with van der Waals surface area (Å²) in [6.07, 6.45) is -4.36. The van der Waals surface area contributed by atoms with Crippen LogP contribution in [0.1, 0.15) is 5.69 Å². The number of rotatable bonds is 3. The van der Waals surface area contributed by atoms with E-state index in [-0.39, 0.29) is 30.1 Å². The van der Waals surface area contributed by atoms with E-state index < -0.39 is 46.3 Å². The van der Waals surface area contributed by atoms with Gasteiger partial charge in [-0.05, 0) is 18.2 Å². The first-order valence-electron chi connectivity index (χ1n) is 7.63. The van der Waals surface area contributed by atoms with Gasteiger partial charge in [0.05, 0.1) is 21.8 Å². The SMILES string of the molecule is Nn1c(C(F)(F)F)cc(=O)n(-c2cc(Sc3cc(F)cnc3O)c(Cl)cc2F)c1=O. The lowest BCUT2D eigenvalue weighted by Gasteiger charge is -2.15. The molecule has 0 bridgehead atoms. The molecule has 1 aromatic carbocycles. The normalized spacial score (nSPS) is 11.7. The first kappa shape index (κ1) is 21.6. The zero-order valence-electron chi connectivity index (χ0n) is 14.2. The lowest BCUT2D eigenvalue weighted by Crippen LogP contribution is -2.45. The van der Waals surface area contributed by atoms with Gasteiger partial charge in [0.1, 0.15) is 11.6 Å². The number of alkyl halides is 3. The highest BCUT2D eigenvalue weighted by Gasteiger charge is 2.36. The minimum atomic E-state index is -5.10. The minimum absolute atomic E-state index is 0.0323. The number of aromatic nitrogens is 3. The van der Waals surface area contributed by atoms with Gasteiger partial charge in [0.2, 0.25) is 5.88 Å². The van der Waals surface area contributed by atoms with Crippen molar-refractivity contribution in [3.05, 3.63) is 73.7 Å². The van der Waals surface area contributed by atoms with E-state index in [0.717, 1.165) is 18.3 Å². The predicted octanol–water partition coefficient (Wildman–Crippen LogP) is 2.92. The van der Waals surface area contributed by atoms with Crippen molar-refractivity contribution in [3.63, 3.8) is 0 Å². The third kappa shape index (κ3) is 3.98. The monoisotopic (exact) mass is 466 g/mol. The first-order chi connectivity index (χ1) is 13.9. The molecule has 0 spiro atoms. The third-order valence-corrected chi connectivity index (χ3v) is 5.19. The van der Waals surface area contributed by atoms with Gasteiger partial charge in [-0.25, -0.2) is 27.8 Å². The average molecular weight is 467 g/mol. The van der Waals surface area contributed by atoms with Crippen LogP contribution < -0.4 is 17.1 Å². The zero-order valence-corrected chi connectivity index (χ0v) is 15.8. The van der Waals surface area contributed by atoms with Crippen LogP contribution in [-0.2, 0) is 6.18 Å². The molecule has 0 fully saturated rings. The molecule has 2 heterocycles. The van der Waals surface area contributed by atoms with E-state index in [1.165, 1.54) is 0 Å². The number of benzene rings is 1. The number of nitrogens with zero attached hydrogens (tertiary/aromatic N) is 3. The third-order valence-electron chi connectivity index (χ3n) is 3.69. The first-order valence-corrected chi connectivity index (χ1v) is 8.82. The summed E-state index contributed by atoms with van der Waals surface area (Å²) in [5.74, 6) is 2.53. The van der Waals surface area contributed by atoms with Crippen LogP contribution in [-0.4, -0.2) is 19.3 Å². The Balaban J connectivity index is 2.20. The van der Waals surface area contributed by atoms with Crippen LogP contribution in [0.5, 0.6) is 5.88 Å². The van der Waals surface area contributed by atoms with E-state index in [1.807, 2.05) is 0 Å². The molecule has 0 atom stereocenters. The molecular formula is C16H8ClF5N4O3S. The van der Waals surface area contributed by atoms with Crippen LogP contribution in [0.15, 0.2) is 49.8 Å². The quantitative estimate of drug-likeness (QED) is 0.454. The van der Waals surface area contributed by atoms with Crippen molar-refractivity contribution < 1.29 is 27.1 Å². The molecule has 30 heavy (non-hydrogen) atoms.